The first-order valence-corrected chi connectivity index (χ1v) is 21.1. The number of furan rings is 1. The van der Waals surface area contributed by atoms with Gasteiger partial charge >= 0.3 is 0 Å². The molecule has 0 unspecified atom stereocenters. The first-order chi connectivity index (χ1) is 30.8. The Balaban J connectivity index is 1.36. The number of hydrogen-bond donors (Lipinski definition) is 0. The van der Waals surface area contributed by atoms with Gasteiger partial charge in [0.2, 0.25) is 0 Å². The highest BCUT2D eigenvalue weighted by atomic mass is 16.3. The summed E-state index contributed by atoms with van der Waals surface area (Å²) < 4.78 is 71.0. The lowest BCUT2D eigenvalue weighted by molar-refractivity contribution is 0.332. The molecule has 59 heavy (non-hydrogen) atoms. The van der Waals surface area contributed by atoms with Crippen LogP contribution in [0.4, 0.5) is 34.1 Å². The highest BCUT2D eigenvalue weighted by Gasteiger charge is 2.48. The molecule has 10 rings (SSSR count). The van der Waals surface area contributed by atoms with Crippen molar-refractivity contribution in [2.24, 2.45) is 0 Å². The number of para-hydroxylation sites is 1. The van der Waals surface area contributed by atoms with E-state index in [0.717, 1.165) is 79.8 Å². The minimum atomic E-state index is -0.437. The lowest BCUT2D eigenvalue weighted by Gasteiger charge is -2.43. The van der Waals surface area contributed by atoms with Crippen molar-refractivity contribution in [1.82, 2.24) is 0 Å². The van der Waals surface area contributed by atoms with Crippen LogP contribution in [-0.4, -0.2) is 6.71 Å². The predicted octanol–water partition coefficient (Wildman–Crippen LogP) is 13.4. The third-order valence-electron chi connectivity index (χ3n) is 13.4. The van der Waals surface area contributed by atoms with E-state index in [1.807, 2.05) is 36.4 Å². The standard InChI is InChI=1S/C55H57BN2O/c1-34-29-46-49-47(30-34)58(44-20-16-15-19-39(44)35-17-13-12-14-18-35)45-26-23-37(53(5,6)7)31-43(45)56(49)51-50(57(46)38-24-21-36(22-25-38)52(2,3)4)40-32-41-42(33-48(40)59-51)55(10,11)28-27-54(41,8)9/h12-26,29-33H,27-28H2,1-11H3/i12D,13D,14D,17D,18D,24D,25D. The summed E-state index contributed by atoms with van der Waals surface area (Å²) in [5, 5.41) is 0.949. The van der Waals surface area contributed by atoms with Gasteiger partial charge in [-0.2, -0.15) is 0 Å². The van der Waals surface area contributed by atoms with Gasteiger partial charge in [0.15, 0.2) is 0 Å². The molecule has 4 heteroatoms. The van der Waals surface area contributed by atoms with E-state index in [4.69, 9.17) is 11.3 Å². The Labute approximate surface area is 362 Å². The number of benzene rings is 6. The summed E-state index contributed by atoms with van der Waals surface area (Å²) in [4.78, 5) is 4.31. The molecule has 296 valence electrons. The van der Waals surface area contributed by atoms with Crippen LogP contribution in [0.25, 0.3) is 22.1 Å². The zero-order valence-electron chi connectivity index (χ0n) is 43.3. The van der Waals surface area contributed by atoms with Gasteiger partial charge in [-0.3, -0.25) is 0 Å². The van der Waals surface area contributed by atoms with Gasteiger partial charge < -0.3 is 14.2 Å². The van der Waals surface area contributed by atoms with Crippen LogP contribution in [-0.2, 0) is 21.7 Å². The molecule has 3 nitrogen and oxygen atoms in total. The Hall–Kier alpha value is -5.48. The number of aryl methyl sites for hydroxylation is 1. The molecule has 0 atom stereocenters. The van der Waals surface area contributed by atoms with Crippen molar-refractivity contribution < 1.29 is 14.0 Å². The van der Waals surface area contributed by atoms with E-state index < -0.39 is 12.8 Å². The van der Waals surface area contributed by atoms with E-state index in [9.17, 15) is 2.74 Å². The van der Waals surface area contributed by atoms with Gasteiger partial charge in [-0.25, -0.2) is 0 Å². The van der Waals surface area contributed by atoms with Gasteiger partial charge in [-0.1, -0.05) is 142 Å². The van der Waals surface area contributed by atoms with Crippen LogP contribution >= 0.6 is 0 Å². The van der Waals surface area contributed by atoms with Gasteiger partial charge in [0, 0.05) is 33.7 Å². The first-order valence-electron chi connectivity index (χ1n) is 24.6. The Morgan fingerprint density at radius 2 is 1.27 bits per heavy atom. The molecule has 7 aromatic rings. The molecule has 0 fully saturated rings. The second-order valence-corrected chi connectivity index (χ2v) is 20.5. The molecule has 0 saturated heterocycles. The van der Waals surface area contributed by atoms with Gasteiger partial charge in [-0.05, 0) is 134 Å². The van der Waals surface area contributed by atoms with E-state index in [0.29, 0.717) is 16.9 Å². The Morgan fingerprint density at radius 3 is 1.93 bits per heavy atom. The van der Waals surface area contributed by atoms with Crippen molar-refractivity contribution >= 4 is 68.4 Å². The molecule has 1 aliphatic carbocycles. The maximum absolute atomic E-state index is 9.81. The van der Waals surface area contributed by atoms with Gasteiger partial charge in [0.25, 0.3) is 6.71 Å². The normalized spacial score (nSPS) is 18.1. The molecule has 0 N–H and O–H groups in total. The van der Waals surface area contributed by atoms with E-state index in [1.54, 1.807) is 0 Å². The highest BCUT2D eigenvalue weighted by Crippen LogP contribution is 2.52. The first kappa shape index (κ1) is 30.5. The van der Waals surface area contributed by atoms with Crippen molar-refractivity contribution in [3.05, 3.63) is 149 Å². The van der Waals surface area contributed by atoms with E-state index >= 15 is 0 Å². The highest BCUT2D eigenvalue weighted by molar-refractivity contribution is 7.00. The maximum atomic E-state index is 9.81. The van der Waals surface area contributed by atoms with Crippen LogP contribution < -0.4 is 26.4 Å². The molecule has 0 bridgehead atoms. The number of nitrogens with zero attached hydrogens (tertiary/aromatic N) is 2. The predicted molar refractivity (Wildman–Crippen MR) is 253 cm³/mol. The second-order valence-electron chi connectivity index (χ2n) is 20.5. The summed E-state index contributed by atoms with van der Waals surface area (Å²) in [7, 11) is 0. The zero-order valence-corrected chi connectivity index (χ0v) is 36.3. The van der Waals surface area contributed by atoms with Crippen LogP contribution in [0.1, 0.15) is 119 Å². The van der Waals surface area contributed by atoms with Crippen LogP contribution in [0, 0.1) is 6.92 Å². The lowest BCUT2D eigenvalue weighted by atomic mass is 9.35. The van der Waals surface area contributed by atoms with E-state index in [2.05, 4.69) is 128 Å². The third-order valence-corrected chi connectivity index (χ3v) is 13.4. The van der Waals surface area contributed by atoms with Gasteiger partial charge in [0.05, 0.1) is 26.6 Å². The van der Waals surface area contributed by atoms with Crippen molar-refractivity contribution in [3.8, 4) is 11.1 Å². The summed E-state index contributed by atoms with van der Waals surface area (Å²) >= 11 is 0. The molecule has 2 aliphatic heterocycles. The van der Waals surface area contributed by atoms with Gasteiger partial charge in [0.1, 0.15) is 5.58 Å². The number of hydrogen-bond acceptors (Lipinski definition) is 3. The summed E-state index contributed by atoms with van der Waals surface area (Å²) in [6, 6.07) is 25.7. The largest absolute Gasteiger partial charge is 0.468 e. The van der Waals surface area contributed by atoms with Crippen LogP contribution in [0.2, 0.25) is 0 Å². The molecule has 3 aliphatic rings. The van der Waals surface area contributed by atoms with Crippen LogP contribution in [0.3, 0.4) is 0 Å². The van der Waals surface area contributed by atoms with E-state index in [-0.39, 0.29) is 63.5 Å². The Kier molecular flexibility index (Phi) is 6.61. The summed E-state index contributed by atoms with van der Waals surface area (Å²) in [6.45, 7) is 23.9. The molecule has 3 heterocycles. The number of fused-ring (bicyclic) bond motifs is 7. The number of rotatable bonds is 3. The Bertz CT molecular complexity index is 3190. The summed E-state index contributed by atoms with van der Waals surface area (Å²) in [6.07, 6.45) is 2.09. The maximum Gasteiger partial charge on any atom is 0.297 e. The topological polar surface area (TPSA) is 19.6 Å². The molecule has 6 aromatic carbocycles. The van der Waals surface area contributed by atoms with Crippen molar-refractivity contribution in [1.29, 1.82) is 0 Å². The fraction of sp³-hybridized carbons (Fsp3) is 0.309. The average molecular weight is 780 g/mol. The van der Waals surface area contributed by atoms with Crippen LogP contribution in [0.15, 0.2) is 126 Å². The minimum absolute atomic E-state index is 0.0715. The minimum Gasteiger partial charge on any atom is -0.468 e. The van der Waals surface area contributed by atoms with Gasteiger partial charge in [-0.15, -0.1) is 0 Å². The fourth-order valence-electron chi connectivity index (χ4n) is 9.84. The van der Waals surface area contributed by atoms with Crippen molar-refractivity contribution in [3.63, 3.8) is 0 Å². The zero-order chi connectivity index (χ0) is 47.5. The smallest absolute Gasteiger partial charge is 0.297 e. The fourth-order valence-corrected chi connectivity index (χ4v) is 9.84. The molecule has 0 radical (unpaired) electrons. The second kappa shape index (κ2) is 12.8. The summed E-state index contributed by atoms with van der Waals surface area (Å²) in [5.41, 5.74) is 13.5. The van der Waals surface area contributed by atoms with Crippen molar-refractivity contribution in [2.45, 2.75) is 111 Å². The molecule has 0 saturated carbocycles. The molecular weight excluding hydrogens is 715 g/mol. The SMILES string of the molecule is [2H]c1cc(C(C)(C)C)cc([2H])c1N1c2cc(C)cc3c2B(c2cc(C(C)(C)C)ccc2N3c2ccccc2-c2c([2H])c([2H])c([2H])c([2H])c2[2H])c2oc3cc4c(cc3c21)C(C)(C)CCC4(C)C. The Morgan fingerprint density at radius 1 is 0.644 bits per heavy atom. The summed E-state index contributed by atoms with van der Waals surface area (Å²) in [5.74, 6) is 0. The quantitative estimate of drug-likeness (QED) is 0.167. The third kappa shape index (κ3) is 5.84. The van der Waals surface area contributed by atoms with Crippen LogP contribution in [0.5, 0.6) is 0 Å². The monoisotopic (exact) mass is 780 g/mol. The molecule has 0 amide bonds. The van der Waals surface area contributed by atoms with Crippen molar-refractivity contribution in [2.75, 3.05) is 9.80 Å². The molecule has 0 spiro atoms. The van der Waals surface area contributed by atoms with E-state index in [1.165, 1.54) is 11.1 Å². The molecule has 1 aromatic heterocycles. The number of anilines is 6. The average Bonchev–Trinajstić information content (AvgIpc) is 3.61. The lowest BCUT2D eigenvalue weighted by Crippen LogP contribution is -2.61. The molecular formula is C55H57BN2O.